The summed E-state index contributed by atoms with van der Waals surface area (Å²) in [6, 6.07) is 18.6. The number of benzene rings is 3. The molecule has 2 N–H and O–H groups in total. The van der Waals surface area contributed by atoms with Gasteiger partial charge in [-0.15, -0.1) is 0 Å². The Kier molecular flexibility index (Phi) is 9.40. The summed E-state index contributed by atoms with van der Waals surface area (Å²) in [7, 11) is 0. The Labute approximate surface area is 196 Å². The molecule has 34 heavy (non-hydrogen) atoms. The van der Waals surface area contributed by atoms with E-state index in [0.29, 0.717) is 37.1 Å². The van der Waals surface area contributed by atoms with E-state index >= 15 is 0 Å². The highest BCUT2D eigenvalue weighted by Gasteiger charge is 2.09. The van der Waals surface area contributed by atoms with Crippen molar-refractivity contribution in [2.45, 2.75) is 12.8 Å². The minimum atomic E-state index is -0.424. The summed E-state index contributed by atoms with van der Waals surface area (Å²) in [5, 5.41) is 5.52. The molecule has 0 bridgehead atoms. The number of carbonyl (C=O) groups excluding carboxylic acids is 2. The third kappa shape index (κ3) is 7.58. The fourth-order valence-electron chi connectivity index (χ4n) is 3.01. The molecule has 3 aromatic carbocycles. The van der Waals surface area contributed by atoms with Gasteiger partial charge in [0.25, 0.3) is 11.8 Å². The SMILES string of the molecule is O=C(NCCCOc1ccccc1F)c1ccc(C(=O)NCCCOc2ccccc2F)cc1. The number of amides is 2. The quantitative estimate of drug-likeness (QED) is 0.387. The first-order valence-corrected chi connectivity index (χ1v) is 11.0. The normalized spacial score (nSPS) is 10.4. The number of ether oxygens (including phenoxy) is 2. The largest absolute Gasteiger partial charge is 0.490 e. The summed E-state index contributed by atoms with van der Waals surface area (Å²) >= 11 is 0. The van der Waals surface area contributed by atoms with Gasteiger partial charge in [0.2, 0.25) is 0 Å². The number of hydrogen-bond acceptors (Lipinski definition) is 4. The molecular weight excluding hydrogens is 442 g/mol. The van der Waals surface area contributed by atoms with Crippen molar-refractivity contribution in [1.29, 1.82) is 0 Å². The minimum Gasteiger partial charge on any atom is -0.490 e. The van der Waals surface area contributed by atoms with Crippen molar-refractivity contribution in [3.8, 4) is 11.5 Å². The van der Waals surface area contributed by atoms with Crippen LogP contribution in [0.5, 0.6) is 11.5 Å². The first-order valence-electron chi connectivity index (χ1n) is 11.0. The molecule has 0 heterocycles. The molecule has 3 aromatic rings. The van der Waals surface area contributed by atoms with E-state index in [2.05, 4.69) is 10.6 Å². The molecule has 0 aliphatic heterocycles. The van der Waals surface area contributed by atoms with Gasteiger partial charge in [0.15, 0.2) is 23.1 Å². The number of hydrogen-bond donors (Lipinski definition) is 2. The molecule has 0 atom stereocenters. The second-order valence-corrected chi connectivity index (χ2v) is 7.35. The lowest BCUT2D eigenvalue weighted by Gasteiger charge is -2.09. The zero-order chi connectivity index (χ0) is 24.2. The van der Waals surface area contributed by atoms with Crippen molar-refractivity contribution in [3.05, 3.63) is 95.6 Å². The van der Waals surface area contributed by atoms with E-state index in [0.717, 1.165) is 0 Å². The first-order chi connectivity index (χ1) is 16.5. The van der Waals surface area contributed by atoms with E-state index in [9.17, 15) is 18.4 Å². The van der Waals surface area contributed by atoms with E-state index in [4.69, 9.17) is 9.47 Å². The minimum absolute atomic E-state index is 0.181. The van der Waals surface area contributed by atoms with Gasteiger partial charge in [-0.25, -0.2) is 8.78 Å². The monoisotopic (exact) mass is 468 g/mol. The second-order valence-electron chi connectivity index (χ2n) is 7.35. The van der Waals surface area contributed by atoms with Crippen LogP contribution in [0.2, 0.25) is 0 Å². The van der Waals surface area contributed by atoms with Crippen molar-refractivity contribution in [3.63, 3.8) is 0 Å². The molecule has 0 saturated heterocycles. The molecule has 0 saturated carbocycles. The van der Waals surface area contributed by atoms with Gasteiger partial charge in [0.1, 0.15) is 0 Å². The van der Waals surface area contributed by atoms with Gasteiger partial charge in [-0.2, -0.15) is 0 Å². The fraction of sp³-hybridized carbons (Fsp3) is 0.231. The molecule has 8 heteroatoms. The van der Waals surface area contributed by atoms with Gasteiger partial charge in [-0.05, 0) is 61.4 Å². The van der Waals surface area contributed by atoms with Crippen molar-refractivity contribution in [2.75, 3.05) is 26.3 Å². The molecule has 2 amide bonds. The summed E-state index contributed by atoms with van der Waals surface area (Å²) in [6.45, 7) is 1.27. The van der Waals surface area contributed by atoms with E-state index in [1.54, 1.807) is 60.7 Å². The Hall–Kier alpha value is -3.94. The maximum Gasteiger partial charge on any atom is 0.251 e. The van der Waals surface area contributed by atoms with Gasteiger partial charge in [-0.1, -0.05) is 24.3 Å². The maximum atomic E-state index is 13.5. The van der Waals surface area contributed by atoms with E-state index in [1.807, 2.05) is 0 Å². The van der Waals surface area contributed by atoms with Crippen LogP contribution in [0, 0.1) is 11.6 Å². The molecular formula is C26H26F2N2O4. The Morgan fingerprint density at radius 2 is 1.00 bits per heavy atom. The third-order valence-electron chi connectivity index (χ3n) is 4.81. The predicted octanol–water partition coefficient (Wildman–Crippen LogP) is 4.36. The van der Waals surface area contributed by atoms with Crippen LogP contribution in [0.3, 0.4) is 0 Å². The topological polar surface area (TPSA) is 76.7 Å². The van der Waals surface area contributed by atoms with Crippen LogP contribution in [0.25, 0.3) is 0 Å². The van der Waals surface area contributed by atoms with Crippen LogP contribution in [0.1, 0.15) is 33.6 Å². The lowest BCUT2D eigenvalue weighted by atomic mass is 10.1. The second kappa shape index (κ2) is 12.9. The van der Waals surface area contributed by atoms with Gasteiger partial charge >= 0.3 is 0 Å². The van der Waals surface area contributed by atoms with Crippen molar-refractivity contribution >= 4 is 11.8 Å². The number of nitrogens with one attached hydrogen (secondary N) is 2. The average Bonchev–Trinajstić information content (AvgIpc) is 2.85. The number of carbonyl (C=O) groups is 2. The van der Waals surface area contributed by atoms with Crippen LogP contribution in [0.4, 0.5) is 8.78 Å². The molecule has 3 rings (SSSR count). The summed E-state index contributed by atoms with van der Waals surface area (Å²) in [6.07, 6.45) is 1.03. The van der Waals surface area contributed by atoms with Crippen molar-refractivity contribution in [1.82, 2.24) is 10.6 Å². The Morgan fingerprint density at radius 1 is 0.618 bits per heavy atom. The van der Waals surface area contributed by atoms with Gasteiger partial charge < -0.3 is 20.1 Å². The van der Waals surface area contributed by atoms with Crippen LogP contribution in [-0.2, 0) is 0 Å². The lowest BCUT2D eigenvalue weighted by Crippen LogP contribution is -2.27. The summed E-state index contributed by atoms with van der Waals surface area (Å²) in [4.78, 5) is 24.5. The average molecular weight is 469 g/mol. The van der Waals surface area contributed by atoms with Crippen molar-refractivity contribution < 1.29 is 27.8 Å². The number of para-hydroxylation sites is 2. The molecule has 0 fully saturated rings. The van der Waals surface area contributed by atoms with Crippen LogP contribution in [0.15, 0.2) is 72.8 Å². The molecule has 0 unspecified atom stereocenters. The number of rotatable bonds is 12. The van der Waals surface area contributed by atoms with Gasteiger partial charge in [-0.3, -0.25) is 9.59 Å². The van der Waals surface area contributed by atoms with Gasteiger partial charge in [0.05, 0.1) is 13.2 Å². The maximum absolute atomic E-state index is 13.5. The summed E-state index contributed by atoms with van der Waals surface area (Å²) in [5.41, 5.74) is 0.842. The van der Waals surface area contributed by atoms with E-state index < -0.39 is 11.6 Å². The zero-order valence-corrected chi connectivity index (χ0v) is 18.6. The molecule has 0 aliphatic rings. The molecule has 0 aliphatic carbocycles. The summed E-state index contributed by atoms with van der Waals surface area (Å²) in [5.74, 6) is -1.04. The highest BCUT2D eigenvalue weighted by molar-refractivity contribution is 5.97. The van der Waals surface area contributed by atoms with Crippen LogP contribution < -0.4 is 20.1 Å². The van der Waals surface area contributed by atoms with Crippen molar-refractivity contribution in [2.24, 2.45) is 0 Å². The smallest absolute Gasteiger partial charge is 0.251 e. The highest BCUT2D eigenvalue weighted by Crippen LogP contribution is 2.16. The Balaban J connectivity index is 1.32. The molecule has 6 nitrogen and oxygen atoms in total. The predicted molar refractivity (Wildman–Crippen MR) is 124 cm³/mol. The summed E-state index contributed by atoms with van der Waals surface area (Å²) < 4.78 is 37.6. The van der Waals surface area contributed by atoms with E-state index in [1.165, 1.54) is 12.1 Å². The van der Waals surface area contributed by atoms with Crippen LogP contribution in [-0.4, -0.2) is 38.1 Å². The standard InChI is InChI=1S/C26H26F2N2O4/c27-21-7-1-3-9-23(21)33-17-5-15-29-25(31)19-11-13-20(14-12-19)26(32)30-16-6-18-34-24-10-4-2-8-22(24)28/h1-4,7-14H,5-6,15-18H2,(H,29,31)(H,30,32). The third-order valence-corrected chi connectivity index (χ3v) is 4.81. The Morgan fingerprint density at radius 3 is 1.38 bits per heavy atom. The fourth-order valence-corrected chi connectivity index (χ4v) is 3.01. The number of halogens is 2. The Bertz CT molecular complexity index is 1000. The molecule has 0 radical (unpaired) electrons. The molecule has 0 aromatic heterocycles. The zero-order valence-electron chi connectivity index (χ0n) is 18.6. The van der Waals surface area contributed by atoms with Crippen LogP contribution >= 0.6 is 0 Å². The lowest BCUT2D eigenvalue weighted by molar-refractivity contribution is 0.0939. The molecule has 178 valence electrons. The highest BCUT2D eigenvalue weighted by atomic mass is 19.1. The first kappa shape index (κ1) is 24.7. The van der Waals surface area contributed by atoms with Gasteiger partial charge in [0, 0.05) is 24.2 Å². The molecule has 0 spiro atoms. The van der Waals surface area contributed by atoms with E-state index in [-0.39, 0.29) is 36.5 Å².